The molecule has 5 aromatic carbocycles. The molecule has 0 aliphatic carbocycles. The fraction of sp³-hybridized carbons (Fsp3) is 0.0667. The highest BCUT2D eigenvalue weighted by Gasteiger charge is 2.46. The largest absolute Gasteiger partial charge is 0.423 e. The van der Waals surface area contributed by atoms with E-state index in [-0.39, 0.29) is 24.3 Å². The van der Waals surface area contributed by atoms with Gasteiger partial charge in [-0.2, -0.15) is 26.3 Å². The van der Waals surface area contributed by atoms with Crippen molar-refractivity contribution in [3.8, 4) is 11.5 Å². The molecule has 5 aromatic rings. The van der Waals surface area contributed by atoms with E-state index in [9.17, 15) is 62.3 Å². The Morgan fingerprint density at radius 2 is 0.761 bits per heavy atom. The number of halogens is 12. The summed E-state index contributed by atoms with van der Waals surface area (Å²) in [6, 6.07) is 5.16. The Hall–Kier alpha value is -5.28. The minimum absolute atomic E-state index is 0.228. The number of alkyl halides is 6. The number of carbonyl (C=O) groups excluding carboxylic acids is 2. The van der Waals surface area contributed by atoms with Gasteiger partial charge in [0.25, 0.3) is 0 Å². The van der Waals surface area contributed by atoms with Gasteiger partial charge in [-0.1, -0.05) is 12.1 Å². The smallest absolute Gasteiger partial charge is 0.417 e. The maximum absolute atomic E-state index is 14.3. The lowest BCUT2D eigenvalue weighted by Gasteiger charge is -2.22. The molecule has 0 radical (unpaired) electrons. The fourth-order valence-electron chi connectivity index (χ4n) is 4.59. The van der Waals surface area contributed by atoms with E-state index in [2.05, 4.69) is 0 Å². The fourth-order valence-corrected chi connectivity index (χ4v) is 4.59. The summed E-state index contributed by atoms with van der Waals surface area (Å²) in [5, 5.41) is -3.21. The van der Waals surface area contributed by atoms with Crippen LogP contribution in [0, 0.1) is 34.9 Å². The quantitative estimate of drug-likeness (QED) is 0.0633. The zero-order valence-electron chi connectivity index (χ0n) is 21.9. The zero-order chi connectivity index (χ0) is 33.9. The number of carbonyl (C=O) groups is 2. The molecule has 0 amide bonds. The molecular formula is C30H10F12O4. The first-order valence-electron chi connectivity index (χ1n) is 12.3. The number of hydrogen-bond donors (Lipinski definition) is 0. The second-order valence-corrected chi connectivity index (χ2v) is 9.45. The van der Waals surface area contributed by atoms with E-state index in [1.807, 2.05) is 0 Å². The standard InChI is InChI=1S/C30H10F12O4/c31-19-5-11(6-20(32)25(19)35)27(43)45-13-1-3-15-16-4-2-14(46-28(44)12-7-21(33)26(36)22(34)8-12)10-18(16)24(30(40,41)42)23(17(15)9-13)29(37,38)39/h1-10H. The lowest BCUT2D eigenvalue weighted by molar-refractivity contribution is -0.160. The van der Waals surface area contributed by atoms with Crippen molar-refractivity contribution in [1.82, 2.24) is 0 Å². The maximum Gasteiger partial charge on any atom is 0.417 e. The average Bonchev–Trinajstić information content (AvgIpc) is 2.96. The van der Waals surface area contributed by atoms with E-state index in [1.54, 1.807) is 0 Å². The van der Waals surface area contributed by atoms with Crippen molar-refractivity contribution < 1.29 is 71.7 Å². The third kappa shape index (κ3) is 5.89. The van der Waals surface area contributed by atoms with Crippen molar-refractivity contribution in [2.75, 3.05) is 0 Å². The third-order valence-corrected chi connectivity index (χ3v) is 6.49. The number of benzene rings is 5. The molecule has 0 fully saturated rings. The molecule has 0 aliphatic heterocycles. The molecule has 0 unspecified atom stereocenters. The molecule has 0 aliphatic rings. The van der Waals surface area contributed by atoms with Crippen LogP contribution in [0.5, 0.6) is 11.5 Å². The van der Waals surface area contributed by atoms with Gasteiger partial charge in [0.1, 0.15) is 11.5 Å². The van der Waals surface area contributed by atoms with Gasteiger partial charge in [-0.05, 0) is 70.1 Å². The summed E-state index contributed by atoms with van der Waals surface area (Å²) in [6.45, 7) is 0. The topological polar surface area (TPSA) is 52.6 Å². The van der Waals surface area contributed by atoms with Crippen LogP contribution in [0.2, 0.25) is 0 Å². The molecule has 4 nitrogen and oxygen atoms in total. The number of ether oxygens (including phenoxy) is 2. The lowest BCUT2D eigenvalue weighted by atomic mass is 9.90. The summed E-state index contributed by atoms with van der Waals surface area (Å²) >= 11 is 0. The van der Waals surface area contributed by atoms with Crippen molar-refractivity contribution >= 4 is 33.5 Å². The second-order valence-electron chi connectivity index (χ2n) is 9.45. The van der Waals surface area contributed by atoms with E-state index in [1.165, 1.54) is 0 Å². The van der Waals surface area contributed by atoms with Crippen molar-refractivity contribution in [2.45, 2.75) is 12.4 Å². The predicted molar refractivity (Wildman–Crippen MR) is 134 cm³/mol. The Morgan fingerprint density at radius 3 is 1.04 bits per heavy atom. The van der Waals surface area contributed by atoms with Gasteiger partial charge >= 0.3 is 24.3 Å². The van der Waals surface area contributed by atoms with E-state index in [0.717, 1.165) is 24.3 Å². The summed E-state index contributed by atoms with van der Waals surface area (Å²) in [4.78, 5) is 24.8. The van der Waals surface area contributed by atoms with Gasteiger partial charge in [-0.15, -0.1) is 0 Å². The Morgan fingerprint density at radius 1 is 0.457 bits per heavy atom. The summed E-state index contributed by atoms with van der Waals surface area (Å²) in [6.07, 6.45) is -11.4. The minimum Gasteiger partial charge on any atom is -0.423 e. The highest BCUT2D eigenvalue weighted by atomic mass is 19.4. The van der Waals surface area contributed by atoms with Gasteiger partial charge in [0.2, 0.25) is 0 Å². The van der Waals surface area contributed by atoms with Crippen molar-refractivity contribution in [2.24, 2.45) is 0 Å². The van der Waals surface area contributed by atoms with Gasteiger partial charge in [0.05, 0.1) is 22.3 Å². The number of hydrogen-bond acceptors (Lipinski definition) is 4. The first kappa shape index (κ1) is 32.1. The Kier molecular flexibility index (Phi) is 7.86. The van der Waals surface area contributed by atoms with E-state index < -0.39 is 114 Å². The Labute approximate surface area is 247 Å². The molecule has 46 heavy (non-hydrogen) atoms. The molecule has 0 atom stereocenters. The molecule has 0 spiro atoms. The maximum atomic E-state index is 14.3. The summed E-state index contributed by atoms with van der Waals surface area (Å²) in [7, 11) is 0. The minimum atomic E-state index is -5.72. The molecule has 0 heterocycles. The van der Waals surface area contributed by atoms with E-state index in [0.29, 0.717) is 12.1 Å². The molecule has 0 bridgehead atoms. The number of esters is 2. The van der Waals surface area contributed by atoms with Crippen molar-refractivity contribution in [3.63, 3.8) is 0 Å². The lowest BCUT2D eigenvalue weighted by Crippen LogP contribution is -2.18. The summed E-state index contributed by atoms with van der Waals surface area (Å²) in [5.74, 6) is -15.8. The molecule has 238 valence electrons. The molecule has 0 saturated carbocycles. The second kappa shape index (κ2) is 11.3. The van der Waals surface area contributed by atoms with Crippen LogP contribution in [0.25, 0.3) is 21.5 Å². The van der Waals surface area contributed by atoms with E-state index >= 15 is 0 Å². The Bertz CT molecular complexity index is 1890. The van der Waals surface area contributed by atoms with Gasteiger partial charge in [-0.25, -0.2) is 35.9 Å². The predicted octanol–water partition coefficient (Wildman–Crippen LogP) is 9.30. The molecule has 16 heteroatoms. The van der Waals surface area contributed by atoms with Crippen LogP contribution in [-0.2, 0) is 12.4 Å². The Balaban J connectivity index is 1.66. The average molecular weight is 662 g/mol. The van der Waals surface area contributed by atoms with Crippen LogP contribution >= 0.6 is 0 Å². The van der Waals surface area contributed by atoms with Crippen LogP contribution in [0.15, 0.2) is 60.7 Å². The molecular weight excluding hydrogens is 652 g/mol. The van der Waals surface area contributed by atoms with Gasteiger partial charge < -0.3 is 9.47 Å². The van der Waals surface area contributed by atoms with Crippen LogP contribution in [0.4, 0.5) is 52.7 Å². The zero-order valence-corrected chi connectivity index (χ0v) is 21.9. The van der Waals surface area contributed by atoms with E-state index in [4.69, 9.17) is 9.47 Å². The van der Waals surface area contributed by atoms with Crippen LogP contribution in [0.3, 0.4) is 0 Å². The van der Waals surface area contributed by atoms with Crippen LogP contribution in [0.1, 0.15) is 31.8 Å². The van der Waals surface area contributed by atoms with Crippen LogP contribution in [-0.4, -0.2) is 11.9 Å². The molecule has 0 saturated heterocycles. The van der Waals surface area contributed by atoms with Gasteiger partial charge in [-0.3, -0.25) is 0 Å². The molecule has 0 aromatic heterocycles. The SMILES string of the molecule is O=C(Oc1ccc2c(c1)c(C(F)(F)F)c(C(F)(F)F)c1cc(OC(=O)c3cc(F)c(F)c(F)c3)ccc12)c1cc(F)c(F)c(F)c1. The highest BCUT2D eigenvalue weighted by Crippen LogP contribution is 2.49. The highest BCUT2D eigenvalue weighted by molar-refractivity contribution is 6.12. The monoisotopic (exact) mass is 662 g/mol. The van der Waals surface area contributed by atoms with Crippen molar-refractivity contribution in [3.05, 3.63) is 118 Å². The summed E-state index contributed by atoms with van der Waals surface area (Å²) < 4.78 is 176. The number of rotatable bonds is 4. The number of fused-ring (bicyclic) bond motifs is 3. The first-order chi connectivity index (χ1) is 21.4. The first-order valence-corrected chi connectivity index (χ1v) is 12.3. The van der Waals surface area contributed by atoms with Crippen LogP contribution < -0.4 is 9.47 Å². The van der Waals surface area contributed by atoms with Gasteiger partial charge in [0.15, 0.2) is 34.9 Å². The molecule has 0 N–H and O–H groups in total. The normalized spacial score (nSPS) is 12.1. The molecule has 5 rings (SSSR count). The van der Waals surface area contributed by atoms with Crippen molar-refractivity contribution in [1.29, 1.82) is 0 Å². The third-order valence-electron chi connectivity index (χ3n) is 6.49. The van der Waals surface area contributed by atoms with Gasteiger partial charge in [0, 0.05) is 0 Å². The summed E-state index contributed by atoms with van der Waals surface area (Å²) in [5.41, 5.74) is -6.33.